The van der Waals surface area contributed by atoms with Crippen molar-refractivity contribution in [2.45, 2.75) is 82.7 Å². The minimum Gasteiger partial charge on any atom is -0.311 e. The summed E-state index contributed by atoms with van der Waals surface area (Å²) in [6.07, 6.45) is 15.1. The van der Waals surface area contributed by atoms with Crippen molar-refractivity contribution in [2.75, 3.05) is 6.16 Å². The van der Waals surface area contributed by atoms with E-state index >= 15 is 0 Å². The first-order valence-corrected chi connectivity index (χ1v) is 11.8. The van der Waals surface area contributed by atoms with E-state index in [1.165, 1.54) is 70.6 Å². The second-order valence-electron chi connectivity index (χ2n) is 6.51. The normalized spacial score (nSPS) is 33.8. The van der Waals surface area contributed by atoms with Crippen LogP contribution in [0.4, 0.5) is 0 Å². The lowest BCUT2D eigenvalue weighted by Gasteiger charge is -2.32. The minimum atomic E-state index is -2.07. The topological polar surface area (TPSA) is 17.1 Å². The molecule has 3 heteroatoms. The maximum Gasteiger partial charge on any atom is 0.153 e. The standard InChI is InChI=1S/C15H28BrOP/c1-2-3-4-5-6-7-12-18(16,17)15-10-8-14(13-15)9-11-15/h14H,2-13H2,1H3. The SMILES string of the molecule is CCCCCCCCP(=O)(Br)C12CCC(CC1)C2. The molecule has 2 saturated carbocycles. The Morgan fingerprint density at radius 2 is 1.72 bits per heavy atom. The number of halogens is 1. The highest BCUT2D eigenvalue weighted by atomic mass is 79.9. The number of rotatable bonds is 8. The summed E-state index contributed by atoms with van der Waals surface area (Å²) in [5, 5.41) is 0.223. The first kappa shape index (κ1) is 15.1. The molecule has 2 aliphatic rings. The zero-order valence-electron chi connectivity index (χ0n) is 11.8. The van der Waals surface area contributed by atoms with Crippen LogP contribution in [0.3, 0.4) is 0 Å². The molecule has 2 fully saturated rings. The third kappa shape index (κ3) is 3.23. The van der Waals surface area contributed by atoms with Crippen molar-refractivity contribution in [2.24, 2.45) is 5.92 Å². The largest absolute Gasteiger partial charge is 0.311 e. The van der Waals surface area contributed by atoms with E-state index in [9.17, 15) is 4.57 Å². The molecule has 0 N–H and O–H groups in total. The van der Waals surface area contributed by atoms with Crippen molar-refractivity contribution in [3.8, 4) is 0 Å². The first-order chi connectivity index (χ1) is 8.60. The highest BCUT2D eigenvalue weighted by Crippen LogP contribution is 2.75. The van der Waals surface area contributed by atoms with Gasteiger partial charge in [0.25, 0.3) is 0 Å². The van der Waals surface area contributed by atoms with E-state index in [-0.39, 0.29) is 5.16 Å². The van der Waals surface area contributed by atoms with Gasteiger partial charge in [-0.05, 0) is 59.9 Å². The fourth-order valence-electron chi connectivity index (χ4n) is 3.96. The molecule has 0 amide bonds. The Morgan fingerprint density at radius 1 is 1.11 bits per heavy atom. The van der Waals surface area contributed by atoms with E-state index in [0.29, 0.717) is 0 Å². The maximum absolute atomic E-state index is 13.0. The molecular formula is C15H28BrOP. The Labute approximate surface area is 121 Å². The van der Waals surface area contributed by atoms with Gasteiger partial charge >= 0.3 is 0 Å². The fraction of sp³-hybridized carbons (Fsp3) is 1.00. The monoisotopic (exact) mass is 334 g/mol. The lowest BCUT2D eigenvalue weighted by atomic mass is 10.0. The molecule has 0 aromatic rings. The summed E-state index contributed by atoms with van der Waals surface area (Å²) < 4.78 is 13.0. The molecule has 18 heavy (non-hydrogen) atoms. The Hall–Kier alpha value is 0.710. The molecule has 1 nitrogen and oxygen atoms in total. The third-order valence-corrected chi connectivity index (χ3v) is 11.5. The van der Waals surface area contributed by atoms with Crippen LogP contribution in [0, 0.1) is 5.92 Å². The van der Waals surface area contributed by atoms with Gasteiger partial charge in [0.1, 0.15) is 0 Å². The van der Waals surface area contributed by atoms with Crippen LogP contribution < -0.4 is 0 Å². The molecule has 1 unspecified atom stereocenters. The average Bonchev–Trinajstić information content (AvgIpc) is 2.95. The highest BCUT2D eigenvalue weighted by Gasteiger charge is 2.54. The zero-order valence-corrected chi connectivity index (χ0v) is 14.3. The van der Waals surface area contributed by atoms with Crippen LogP contribution in [-0.4, -0.2) is 11.3 Å². The van der Waals surface area contributed by atoms with Crippen LogP contribution in [0.5, 0.6) is 0 Å². The summed E-state index contributed by atoms with van der Waals surface area (Å²) >= 11 is 3.69. The Morgan fingerprint density at radius 3 is 2.28 bits per heavy atom. The Kier molecular flexibility index (Phi) is 5.40. The molecular weight excluding hydrogens is 307 g/mol. The van der Waals surface area contributed by atoms with Gasteiger partial charge < -0.3 is 4.57 Å². The van der Waals surface area contributed by atoms with Gasteiger partial charge in [-0.2, -0.15) is 0 Å². The molecule has 0 saturated heterocycles. The van der Waals surface area contributed by atoms with E-state index in [1.54, 1.807) is 0 Å². The smallest absolute Gasteiger partial charge is 0.153 e. The van der Waals surface area contributed by atoms with Crippen molar-refractivity contribution >= 4 is 21.3 Å². The predicted octanol–water partition coefficient (Wildman–Crippen LogP) is 6.35. The highest BCUT2D eigenvalue weighted by molar-refractivity contribution is 9.40. The van der Waals surface area contributed by atoms with Crippen LogP contribution in [0.15, 0.2) is 0 Å². The molecule has 0 aromatic heterocycles. The van der Waals surface area contributed by atoms with Gasteiger partial charge in [-0.25, -0.2) is 0 Å². The van der Waals surface area contributed by atoms with Gasteiger partial charge in [0.15, 0.2) is 5.84 Å². The second kappa shape index (κ2) is 6.44. The summed E-state index contributed by atoms with van der Waals surface area (Å²) in [6.45, 7) is 2.25. The number of hydrogen-bond donors (Lipinski definition) is 0. The predicted molar refractivity (Wildman–Crippen MR) is 84.1 cm³/mol. The molecule has 0 radical (unpaired) electrons. The molecule has 0 aromatic carbocycles. The molecule has 2 rings (SSSR count). The summed E-state index contributed by atoms with van der Waals surface area (Å²) in [5.41, 5.74) is 0. The molecule has 0 spiro atoms. The molecule has 1 atom stereocenters. The summed E-state index contributed by atoms with van der Waals surface area (Å²) in [7, 11) is 0. The summed E-state index contributed by atoms with van der Waals surface area (Å²) in [4.78, 5) is 0. The van der Waals surface area contributed by atoms with Crippen molar-refractivity contribution in [3.05, 3.63) is 0 Å². The maximum atomic E-state index is 13.0. The summed E-state index contributed by atoms with van der Waals surface area (Å²) in [6, 6.07) is 0. The average molecular weight is 335 g/mol. The number of unbranched alkanes of at least 4 members (excludes halogenated alkanes) is 5. The van der Waals surface area contributed by atoms with Gasteiger partial charge in [0.2, 0.25) is 0 Å². The molecule has 2 bridgehead atoms. The van der Waals surface area contributed by atoms with E-state index in [0.717, 1.165) is 12.1 Å². The number of hydrogen-bond acceptors (Lipinski definition) is 1. The third-order valence-electron chi connectivity index (χ3n) is 5.21. The van der Waals surface area contributed by atoms with Crippen LogP contribution >= 0.6 is 21.3 Å². The molecule has 0 aliphatic heterocycles. The molecule has 0 heterocycles. The minimum absolute atomic E-state index is 0.223. The van der Waals surface area contributed by atoms with E-state index in [1.807, 2.05) is 0 Å². The Balaban J connectivity index is 1.72. The quantitative estimate of drug-likeness (QED) is 0.373. The van der Waals surface area contributed by atoms with E-state index in [2.05, 4.69) is 22.4 Å². The van der Waals surface area contributed by atoms with Crippen LogP contribution in [0.25, 0.3) is 0 Å². The van der Waals surface area contributed by atoms with Crippen molar-refractivity contribution in [3.63, 3.8) is 0 Å². The van der Waals surface area contributed by atoms with Gasteiger partial charge in [0, 0.05) is 11.3 Å². The van der Waals surface area contributed by atoms with Gasteiger partial charge in [-0.3, -0.25) is 0 Å². The molecule has 106 valence electrons. The second-order valence-corrected chi connectivity index (χ2v) is 12.7. The van der Waals surface area contributed by atoms with E-state index < -0.39 is 5.84 Å². The molecule has 2 aliphatic carbocycles. The van der Waals surface area contributed by atoms with Crippen LogP contribution in [0.2, 0.25) is 0 Å². The van der Waals surface area contributed by atoms with Crippen molar-refractivity contribution in [1.82, 2.24) is 0 Å². The summed E-state index contributed by atoms with van der Waals surface area (Å²) in [5.74, 6) is -1.17. The van der Waals surface area contributed by atoms with Crippen LogP contribution in [-0.2, 0) is 4.57 Å². The van der Waals surface area contributed by atoms with Crippen LogP contribution in [0.1, 0.15) is 77.6 Å². The van der Waals surface area contributed by atoms with Gasteiger partial charge in [-0.15, -0.1) is 0 Å². The lowest BCUT2D eigenvalue weighted by molar-refractivity contribution is 0.478. The van der Waals surface area contributed by atoms with E-state index in [4.69, 9.17) is 0 Å². The Bertz CT molecular complexity index is 308. The van der Waals surface area contributed by atoms with Crippen molar-refractivity contribution in [1.29, 1.82) is 0 Å². The first-order valence-electron chi connectivity index (χ1n) is 7.88. The fourth-order valence-corrected chi connectivity index (χ4v) is 8.78. The van der Waals surface area contributed by atoms with Gasteiger partial charge in [0.05, 0.1) is 0 Å². The van der Waals surface area contributed by atoms with Gasteiger partial charge in [-0.1, -0.05) is 39.0 Å². The van der Waals surface area contributed by atoms with Crippen molar-refractivity contribution < 1.29 is 4.57 Å². The number of fused-ring (bicyclic) bond motifs is 2. The lowest BCUT2D eigenvalue weighted by Crippen LogP contribution is -2.21. The zero-order chi connectivity index (χ0) is 13.1.